The molecule has 3 aromatic rings. The molecule has 1 aliphatic rings. The molecule has 0 saturated heterocycles. The van der Waals surface area contributed by atoms with Crippen LogP contribution in [0.4, 0.5) is 22.0 Å². The van der Waals surface area contributed by atoms with Crippen LogP contribution in [0.15, 0.2) is 31.1 Å². The number of ether oxygens (including phenoxy) is 1. The van der Waals surface area contributed by atoms with Crippen LogP contribution in [0.25, 0.3) is 0 Å². The van der Waals surface area contributed by atoms with Gasteiger partial charge in [0.25, 0.3) is 11.8 Å². The van der Waals surface area contributed by atoms with Gasteiger partial charge >= 0.3 is 6.09 Å². The number of nitrogens with one attached hydrogen (secondary N) is 3. The minimum atomic E-state index is -0.726. The predicted octanol–water partition coefficient (Wildman–Crippen LogP) is 1.96. The molecule has 1 aliphatic carbocycles. The molecule has 0 spiro atoms. The highest BCUT2D eigenvalue weighted by Gasteiger charge is 2.28. The maximum absolute atomic E-state index is 13.1. The third-order valence-corrected chi connectivity index (χ3v) is 4.34. The Labute approximate surface area is 176 Å². The molecular weight excluding hydrogens is 402 g/mol. The van der Waals surface area contributed by atoms with E-state index in [2.05, 4.69) is 45.9 Å². The zero-order valence-corrected chi connectivity index (χ0v) is 16.8. The van der Waals surface area contributed by atoms with Crippen molar-refractivity contribution in [1.29, 1.82) is 0 Å². The number of hydrogen-bond acceptors (Lipinski definition) is 10. The van der Waals surface area contributed by atoms with Crippen LogP contribution in [0.3, 0.4) is 0 Å². The van der Waals surface area contributed by atoms with Crippen molar-refractivity contribution in [1.82, 2.24) is 35.2 Å². The first-order valence-corrected chi connectivity index (χ1v) is 9.47. The van der Waals surface area contributed by atoms with E-state index >= 15 is 0 Å². The first-order valence-electron chi connectivity index (χ1n) is 9.47. The maximum Gasteiger partial charge on any atom is 0.413 e. The smallest absolute Gasteiger partial charge is 0.389 e. The number of aromatic nitrogens is 6. The Balaban J connectivity index is 1.64. The second-order valence-corrected chi connectivity index (χ2v) is 6.75. The summed E-state index contributed by atoms with van der Waals surface area (Å²) in [5, 5.41) is 7.99. The normalized spacial score (nSPS) is 12.7. The second-order valence-electron chi connectivity index (χ2n) is 6.75. The van der Waals surface area contributed by atoms with Gasteiger partial charge in [-0.25, -0.2) is 29.7 Å². The van der Waals surface area contributed by atoms with Gasteiger partial charge in [-0.05, 0) is 19.8 Å². The van der Waals surface area contributed by atoms with Gasteiger partial charge in [-0.3, -0.25) is 4.79 Å². The fourth-order valence-electron chi connectivity index (χ4n) is 2.66. The van der Waals surface area contributed by atoms with E-state index in [1.54, 1.807) is 25.5 Å². The summed E-state index contributed by atoms with van der Waals surface area (Å²) in [6.45, 7) is 1.64. The number of amides is 2. The molecule has 0 aliphatic heterocycles. The van der Waals surface area contributed by atoms with E-state index < -0.39 is 12.0 Å². The topological polar surface area (TPSA) is 157 Å². The molecule has 0 radical (unpaired) electrons. The third kappa shape index (κ3) is 4.86. The van der Waals surface area contributed by atoms with Crippen LogP contribution in [0.1, 0.15) is 40.8 Å². The SMILES string of the molecule is CNC(=O)Oc1nc(C)ncc1NC(=O)c1nc(C2CC2)cnc1Nc1cncnc1. The minimum Gasteiger partial charge on any atom is -0.389 e. The summed E-state index contributed by atoms with van der Waals surface area (Å²) in [5.74, 6) is 0.251. The molecule has 1 saturated carbocycles. The Kier molecular flexibility index (Phi) is 5.60. The highest BCUT2D eigenvalue weighted by atomic mass is 16.6. The monoisotopic (exact) mass is 421 g/mol. The number of anilines is 3. The number of hydrogen-bond donors (Lipinski definition) is 3. The van der Waals surface area contributed by atoms with Crippen molar-refractivity contribution in [2.24, 2.45) is 0 Å². The van der Waals surface area contributed by atoms with Crippen LogP contribution < -0.4 is 20.7 Å². The van der Waals surface area contributed by atoms with Gasteiger partial charge in [0, 0.05) is 13.0 Å². The number of rotatable bonds is 6. The molecule has 12 heteroatoms. The van der Waals surface area contributed by atoms with Crippen molar-refractivity contribution in [3.63, 3.8) is 0 Å². The molecule has 3 heterocycles. The van der Waals surface area contributed by atoms with Gasteiger partial charge in [-0.15, -0.1) is 0 Å². The van der Waals surface area contributed by atoms with Crippen molar-refractivity contribution in [3.05, 3.63) is 48.3 Å². The van der Waals surface area contributed by atoms with Gasteiger partial charge in [0.1, 0.15) is 17.8 Å². The lowest BCUT2D eigenvalue weighted by molar-refractivity contribution is 0.102. The van der Waals surface area contributed by atoms with Gasteiger partial charge in [0.2, 0.25) is 0 Å². The average molecular weight is 421 g/mol. The zero-order chi connectivity index (χ0) is 21.8. The van der Waals surface area contributed by atoms with E-state index in [4.69, 9.17) is 4.74 Å². The van der Waals surface area contributed by atoms with Crippen molar-refractivity contribution in [3.8, 4) is 5.88 Å². The van der Waals surface area contributed by atoms with Crippen LogP contribution in [0.2, 0.25) is 0 Å². The Hall–Kier alpha value is -4.22. The molecule has 2 amide bonds. The standard InChI is InChI=1S/C19H19N9O3/c1-10-23-8-14(18(25-10)31-19(30)20-2)28-17(29)15-16(26-12-5-21-9-22-6-12)24-7-13(27-15)11-3-4-11/h5-9,11H,3-4H2,1-2H3,(H,20,30)(H,24,26)(H,28,29). The van der Waals surface area contributed by atoms with Crippen LogP contribution in [0, 0.1) is 6.92 Å². The van der Waals surface area contributed by atoms with Gasteiger partial charge < -0.3 is 20.7 Å². The molecule has 31 heavy (non-hydrogen) atoms. The van der Waals surface area contributed by atoms with Crippen molar-refractivity contribution in [2.75, 3.05) is 17.7 Å². The highest BCUT2D eigenvalue weighted by molar-refractivity contribution is 6.07. The Bertz CT molecular complexity index is 1120. The molecule has 0 unspecified atom stereocenters. The second kappa shape index (κ2) is 8.65. The molecule has 3 aromatic heterocycles. The summed E-state index contributed by atoms with van der Waals surface area (Å²) >= 11 is 0. The lowest BCUT2D eigenvalue weighted by Gasteiger charge is -2.13. The Morgan fingerprint density at radius 2 is 1.84 bits per heavy atom. The lowest BCUT2D eigenvalue weighted by atomic mass is 10.2. The van der Waals surface area contributed by atoms with Gasteiger partial charge in [-0.2, -0.15) is 4.98 Å². The number of aryl methyl sites for hydroxylation is 1. The fourth-order valence-corrected chi connectivity index (χ4v) is 2.66. The number of carbonyl (C=O) groups is 2. The molecule has 12 nitrogen and oxygen atoms in total. The van der Waals surface area contributed by atoms with Crippen LogP contribution in [0.5, 0.6) is 5.88 Å². The summed E-state index contributed by atoms with van der Waals surface area (Å²) in [6, 6.07) is 0. The molecule has 0 atom stereocenters. The molecule has 0 bridgehead atoms. The quantitative estimate of drug-likeness (QED) is 0.537. The summed E-state index contributed by atoms with van der Waals surface area (Å²) in [5.41, 5.74) is 1.47. The zero-order valence-electron chi connectivity index (χ0n) is 16.8. The molecule has 3 N–H and O–H groups in total. The summed E-state index contributed by atoms with van der Waals surface area (Å²) in [4.78, 5) is 49.7. The van der Waals surface area contributed by atoms with Gasteiger partial charge in [0.15, 0.2) is 11.5 Å². The average Bonchev–Trinajstić information content (AvgIpc) is 3.62. The first kappa shape index (κ1) is 20.1. The molecule has 1 fully saturated rings. The van der Waals surface area contributed by atoms with E-state index in [0.29, 0.717) is 17.4 Å². The Morgan fingerprint density at radius 1 is 1.06 bits per heavy atom. The molecular formula is C19H19N9O3. The Morgan fingerprint density at radius 3 is 2.55 bits per heavy atom. The molecule has 0 aromatic carbocycles. The van der Waals surface area contributed by atoms with E-state index in [-0.39, 0.29) is 23.1 Å². The van der Waals surface area contributed by atoms with Crippen molar-refractivity contribution < 1.29 is 14.3 Å². The third-order valence-electron chi connectivity index (χ3n) is 4.34. The van der Waals surface area contributed by atoms with Crippen LogP contribution >= 0.6 is 0 Å². The largest absolute Gasteiger partial charge is 0.413 e. The van der Waals surface area contributed by atoms with E-state index in [1.165, 1.54) is 19.6 Å². The molecule has 158 valence electrons. The van der Waals surface area contributed by atoms with Crippen molar-refractivity contribution >= 4 is 29.2 Å². The highest BCUT2D eigenvalue weighted by Crippen LogP contribution is 2.39. The first-order chi connectivity index (χ1) is 15.0. The summed E-state index contributed by atoms with van der Waals surface area (Å²) < 4.78 is 5.13. The van der Waals surface area contributed by atoms with E-state index in [1.807, 2.05) is 0 Å². The summed E-state index contributed by atoms with van der Waals surface area (Å²) in [6.07, 6.45) is 8.78. The minimum absolute atomic E-state index is 0.0692. The lowest BCUT2D eigenvalue weighted by Crippen LogP contribution is -2.24. The number of nitrogens with zero attached hydrogens (tertiary/aromatic N) is 6. The number of carbonyl (C=O) groups excluding carboxylic acids is 2. The summed E-state index contributed by atoms with van der Waals surface area (Å²) in [7, 11) is 1.42. The fraction of sp³-hybridized carbons (Fsp3) is 0.263. The van der Waals surface area contributed by atoms with Crippen LogP contribution in [-0.2, 0) is 0 Å². The van der Waals surface area contributed by atoms with Gasteiger partial charge in [-0.1, -0.05) is 0 Å². The van der Waals surface area contributed by atoms with E-state index in [0.717, 1.165) is 18.5 Å². The van der Waals surface area contributed by atoms with Crippen LogP contribution in [-0.4, -0.2) is 49.0 Å². The van der Waals surface area contributed by atoms with Crippen molar-refractivity contribution in [2.45, 2.75) is 25.7 Å². The van der Waals surface area contributed by atoms with Gasteiger partial charge in [0.05, 0.1) is 36.2 Å². The molecule has 4 rings (SSSR count). The predicted molar refractivity (Wildman–Crippen MR) is 109 cm³/mol. The van der Waals surface area contributed by atoms with E-state index in [9.17, 15) is 9.59 Å². The maximum atomic E-state index is 13.1.